The number of anilines is 1. The molecule has 0 amide bonds. The highest BCUT2D eigenvalue weighted by atomic mass is 35.5. The Morgan fingerprint density at radius 2 is 2.25 bits per heavy atom. The largest absolute Gasteiger partial charge is 0.392 e. The second-order valence-electron chi connectivity index (χ2n) is 6.48. The fourth-order valence-electron chi connectivity index (χ4n) is 3.11. The van der Waals surface area contributed by atoms with Crippen molar-refractivity contribution in [2.24, 2.45) is 11.1 Å². The van der Waals surface area contributed by atoms with Crippen LogP contribution in [0.4, 0.5) is 5.82 Å². The summed E-state index contributed by atoms with van der Waals surface area (Å²) in [5.41, 5.74) is 0.795. The summed E-state index contributed by atoms with van der Waals surface area (Å²) in [5.74, 6) is 0.148. The van der Waals surface area contributed by atoms with Crippen LogP contribution in [0.15, 0.2) is 18.6 Å². The molecule has 152 valence electrons. The number of nitrogens with zero attached hydrogens (tertiary/aromatic N) is 2. The van der Waals surface area contributed by atoms with Gasteiger partial charge in [-0.15, -0.1) is 11.3 Å². The van der Waals surface area contributed by atoms with Gasteiger partial charge in [-0.3, -0.25) is 8.98 Å². The average Bonchev–Trinajstić information content (AvgIpc) is 3.25. The zero-order chi connectivity index (χ0) is 20.3. The average molecular weight is 447 g/mol. The lowest BCUT2D eigenvalue weighted by Gasteiger charge is -2.15. The predicted molar refractivity (Wildman–Crippen MR) is 105 cm³/mol. The normalized spacial score (nSPS) is 19.7. The molecule has 12 heteroatoms. The van der Waals surface area contributed by atoms with E-state index in [0.717, 1.165) is 24.2 Å². The van der Waals surface area contributed by atoms with Crippen molar-refractivity contribution >= 4 is 44.8 Å². The van der Waals surface area contributed by atoms with E-state index in [2.05, 4.69) is 19.5 Å². The Kier molecular flexibility index (Phi) is 6.63. The molecule has 1 fully saturated rings. The van der Waals surface area contributed by atoms with Gasteiger partial charge >= 0.3 is 10.3 Å². The van der Waals surface area contributed by atoms with E-state index in [1.165, 1.54) is 12.5 Å². The van der Waals surface area contributed by atoms with Crippen molar-refractivity contribution in [3.63, 3.8) is 0 Å². The number of nitrogens with two attached hydrogens (primary N) is 1. The quantitative estimate of drug-likeness (QED) is 0.519. The summed E-state index contributed by atoms with van der Waals surface area (Å²) < 4.78 is 26.9. The fraction of sp³-hybridized carbons (Fsp3) is 0.438. The Morgan fingerprint density at radius 3 is 2.93 bits per heavy atom. The summed E-state index contributed by atoms with van der Waals surface area (Å²) in [4.78, 5) is 21.4. The van der Waals surface area contributed by atoms with Gasteiger partial charge in [0.2, 0.25) is 5.78 Å². The third kappa shape index (κ3) is 5.25. The van der Waals surface area contributed by atoms with Gasteiger partial charge in [-0.25, -0.2) is 15.1 Å². The monoisotopic (exact) mass is 446 g/mol. The van der Waals surface area contributed by atoms with Gasteiger partial charge in [-0.1, -0.05) is 11.6 Å². The minimum Gasteiger partial charge on any atom is -0.392 e. The number of aliphatic hydroxyl groups excluding tert-OH is 1. The van der Waals surface area contributed by atoms with Crippen molar-refractivity contribution in [1.29, 1.82) is 0 Å². The number of ketones is 1. The molecular weight excluding hydrogens is 428 g/mol. The van der Waals surface area contributed by atoms with Crippen LogP contribution in [0, 0.1) is 5.92 Å². The molecule has 3 rings (SSSR count). The summed E-state index contributed by atoms with van der Waals surface area (Å²) in [6, 6.07) is 1.57. The number of carbonyl (C=O) groups is 1. The van der Waals surface area contributed by atoms with Gasteiger partial charge in [0, 0.05) is 17.8 Å². The molecule has 1 aliphatic carbocycles. The lowest BCUT2D eigenvalue weighted by atomic mass is 10.1. The molecule has 9 nitrogen and oxygen atoms in total. The van der Waals surface area contributed by atoms with Crippen molar-refractivity contribution in [2.75, 3.05) is 11.9 Å². The highest BCUT2D eigenvalue weighted by molar-refractivity contribution is 7.84. The smallest absolute Gasteiger partial charge is 0.333 e. The van der Waals surface area contributed by atoms with Crippen LogP contribution in [0.5, 0.6) is 0 Å². The molecule has 0 unspecified atom stereocenters. The van der Waals surface area contributed by atoms with Crippen molar-refractivity contribution in [3.05, 3.63) is 38.9 Å². The molecule has 0 saturated heterocycles. The lowest BCUT2D eigenvalue weighted by Crippen LogP contribution is -2.22. The van der Waals surface area contributed by atoms with Crippen LogP contribution in [0.2, 0.25) is 4.34 Å². The minimum atomic E-state index is -3.95. The molecule has 0 aliphatic heterocycles. The third-order valence-electron chi connectivity index (χ3n) is 4.46. The molecule has 1 aliphatic rings. The first-order chi connectivity index (χ1) is 13.3. The van der Waals surface area contributed by atoms with Crippen LogP contribution in [0.1, 0.15) is 40.1 Å². The predicted octanol–water partition coefficient (Wildman–Crippen LogP) is 1.72. The van der Waals surface area contributed by atoms with Gasteiger partial charge in [0.15, 0.2) is 0 Å². The number of aromatic nitrogens is 2. The number of aliphatic hydroxyl groups is 1. The summed E-state index contributed by atoms with van der Waals surface area (Å²) in [6.07, 6.45) is 4.97. The fourth-order valence-corrected chi connectivity index (χ4v) is 4.71. The Balaban J connectivity index is 1.70. The maximum absolute atomic E-state index is 12.8. The van der Waals surface area contributed by atoms with Crippen LogP contribution in [-0.2, 0) is 21.1 Å². The molecule has 0 aromatic carbocycles. The van der Waals surface area contributed by atoms with Gasteiger partial charge < -0.3 is 10.4 Å². The Hall–Kier alpha value is -1.63. The van der Waals surface area contributed by atoms with E-state index in [-0.39, 0.29) is 31.0 Å². The Morgan fingerprint density at radius 1 is 1.46 bits per heavy atom. The SMILES string of the molecule is NS(=O)(=O)OC[C@@H]1CC[C@H](Nc2ncncc2C(=O)c2cc(CO)c(Cl)s2)C1. The standard InChI is InChI=1S/C16H19ClN4O5S2/c17-15-10(6-22)4-13(27-15)14(23)12-5-19-8-20-16(12)21-11-2-1-9(3-11)7-26-28(18,24)25/h4-5,8-9,11,22H,1-3,6-7H2,(H2,18,24,25)(H,19,20,21)/t9-,11+/m1/s1. The van der Waals surface area contributed by atoms with Crippen molar-refractivity contribution < 1.29 is 22.5 Å². The number of rotatable bonds is 8. The first-order valence-corrected chi connectivity index (χ1v) is 11.1. The summed E-state index contributed by atoms with van der Waals surface area (Å²) >= 11 is 7.12. The minimum absolute atomic E-state index is 0.00968. The summed E-state index contributed by atoms with van der Waals surface area (Å²) in [5, 5.41) is 17.4. The molecule has 0 bridgehead atoms. The molecule has 2 atom stereocenters. The van der Waals surface area contributed by atoms with Crippen molar-refractivity contribution in [2.45, 2.75) is 31.9 Å². The highest BCUT2D eigenvalue weighted by Crippen LogP contribution is 2.32. The summed E-state index contributed by atoms with van der Waals surface area (Å²) in [7, 11) is -3.95. The van der Waals surface area contributed by atoms with Crippen LogP contribution in [0.25, 0.3) is 0 Å². The maximum atomic E-state index is 12.8. The van der Waals surface area contributed by atoms with E-state index in [4.69, 9.17) is 16.7 Å². The van der Waals surface area contributed by atoms with Gasteiger partial charge in [-0.2, -0.15) is 8.42 Å². The topological polar surface area (TPSA) is 144 Å². The third-order valence-corrected chi connectivity index (χ3v) is 6.36. The lowest BCUT2D eigenvalue weighted by molar-refractivity contribution is 0.104. The number of hydrogen-bond acceptors (Lipinski definition) is 9. The first-order valence-electron chi connectivity index (χ1n) is 8.44. The number of nitrogens with one attached hydrogen (secondary N) is 1. The van der Waals surface area contributed by atoms with Crippen LogP contribution >= 0.6 is 22.9 Å². The van der Waals surface area contributed by atoms with Crippen molar-refractivity contribution in [3.8, 4) is 0 Å². The Labute approximate surface area is 171 Å². The summed E-state index contributed by atoms with van der Waals surface area (Å²) in [6.45, 7) is -0.215. The second-order valence-corrected chi connectivity index (χ2v) is 9.36. The molecule has 2 aromatic rings. The van der Waals surface area contributed by atoms with Gasteiger partial charge in [0.25, 0.3) is 0 Å². The van der Waals surface area contributed by atoms with E-state index in [1.54, 1.807) is 6.07 Å². The highest BCUT2D eigenvalue weighted by Gasteiger charge is 2.28. The number of hydrogen-bond donors (Lipinski definition) is 3. The zero-order valence-corrected chi connectivity index (χ0v) is 17.1. The van der Waals surface area contributed by atoms with Crippen LogP contribution in [0.3, 0.4) is 0 Å². The van der Waals surface area contributed by atoms with E-state index in [1.807, 2.05) is 0 Å². The molecule has 4 N–H and O–H groups in total. The van der Waals surface area contributed by atoms with Crippen LogP contribution < -0.4 is 10.5 Å². The first kappa shape index (κ1) is 21.1. The maximum Gasteiger partial charge on any atom is 0.333 e. The molecule has 1 saturated carbocycles. The zero-order valence-electron chi connectivity index (χ0n) is 14.7. The molecule has 2 aromatic heterocycles. The van der Waals surface area contributed by atoms with E-state index in [0.29, 0.717) is 32.6 Å². The van der Waals surface area contributed by atoms with E-state index < -0.39 is 10.3 Å². The molecule has 2 heterocycles. The molecular formula is C16H19ClN4O5S2. The van der Waals surface area contributed by atoms with E-state index in [9.17, 15) is 18.3 Å². The number of carbonyl (C=O) groups excluding carboxylic acids is 1. The number of halogens is 1. The van der Waals surface area contributed by atoms with Crippen molar-refractivity contribution in [1.82, 2.24) is 9.97 Å². The number of thiophene rings is 1. The van der Waals surface area contributed by atoms with Gasteiger partial charge in [-0.05, 0) is 31.2 Å². The van der Waals surface area contributed by atoms with Gasteiger partial charge in [0.1, 0.15) is 12.1 Å². The van der Waals surface area contributed by atoms with Gasteiger partial charge in [0.05, 0.1) is 28.0 Å². The Bertz CT molecular complexity index is 966. The molecule has 0 radical (unpaired) electrons. The van der Waals surface area contributed by atoms with E-state index >= 15 is 0 Å². The molecule has 28 heavy (non-hydrogen) atoms. The molecule has 0 spiro atoms. The van der Waals surface area contributed by atoms with Crippen LogP contribution in [-0.4, -0.2) is 41.9 Å². The second kappa shape index (κ2) is 8.80.